The minimum absolute atomic E-state index is 0.0296. The molecule has 1 aliphatic rings. The van der Waals surface area contributed by atoms with Crippen LogP contribution in [-0.4, -0.2) is 29.4 Å². The quantitative estimate of drug-likeness (QED) is 0.815. The summed E-state index contributed by atoms with van der Waals surface area (Å²) in [6.07, 6.45) is 1.27. The number of aromatic nitrogens is 1. The average molecular weight is 292 g/mol. The highest BCUT2D eigenvalue weighted by Crippen LogP contribution is 2.29. The van der Waals surface area contributed by atoms with Gasteiger partial charge in [0.1, 0.15) is 10.6 Å². The van der Waals surface area contributed by atoms with E-state index in [0.717, 1.165) is 10.0 Å². The number of fused-ring (bicyclic) bond motifs is 2. The van der Waals surface area contributed by atoms with E-state index in [1.165, 1.54) is 30.5 Å². The monoisotopic (exact) mass is 292 g/mol. The molecule has 7 nitrogen and oxygen atoms in total. The number of amides is 1. The average Bonchev–Trinajstić information content (AvgIpc) is 2.85. The molecule has 1 aromatic heterocycles. The predicted octanol–water partition coefficient (Wildman–Crippen LogP) is 0.989. The molecule has 0 fully saturated rings. The molecule has 8 heteroatoms. The predicted molar refractivity (Wildman–Crippen MR) is 68.4 cm³/mol. The number of nitrogens with zero attached hydrogens (tertiary/aromatic N) is 1. The van der Waals surface area contributed by atoms with Gasteiger partial charge in [-0.1, -0.05) is 0 Å². The third-order valence-electron chi connectivity index (χ3n) is 2.96. The van der Waals surface area contributed by atoms with Crippen LogP contribution in [0.3, 0.4) is 0 Å². The van der Waals surface area contributed by atoms with Gasteiger partial charge in [-0.25, -0.2) is 17.2 Å². The fourth-order valence-corrected chi connectivity index (χ4v) is 3.50. The summed E-state index contributed by atoms with van der Waals surface area (Å²) in [7, 11) is -3.93. The van der Waals surface area contributed by atoms with Crippen molar-refractivity contribution < 1.29 is 23.1 Å². The Bertz CT molecular complexity index is 850. The molecule has 1 amide bonds. The molecule has 102 valence electrons. The van der Waals surface area contributed by atoms with Crippen LogP contribution in [0.1, 0.15) is 20.8 Å². The van der Waals surface area contributed by atoms with E-state index < -0.39 is 21.9 Å². The van der Waals surface area contributed by atoms with Gasteiger partial charge in [-0.2, -0.15) is 0 Å². The van der Waals surface area contributed by atoms with Crippen molar-refractivity contribution in [3.63, 3.8) is 0 Å². The van der Waals surface area contributed by atoms with Crippen LogP contribution in [0.25, 0.3) is 0 Å². The third kappa shape index (κ3) is 1.62. The number of rotatable bonds is 1. The number of aromatic carboxylic acids is 1. The highest BCUT2D eigenvalue weighted by Gasteiger charge is 2.30. The fraction of sp³-hybridized carbons (Fsp3) is 0. The number of carbonyl (C=O) groups is 2. The van der Waals surface area contributed by atoms with Crippen molar-refractivity contribution in [2.75, 3.05) is 5.32 Å². The normalized spacial score (nSPS) is 15.7. The summed E-state index contributed by atoms with van der Waals surface area (Å²) in [6.45, 7) is 0. The van der Waals surface area contributed by atoms with Crippen LogP contribution in [0.2, 0.25) is 0 Å². The number of carboxylic acid groups (broad SMARTS) is 1. The largest absolute Gasteiger partial charge is 0.478 e. The van der Waals surface area contributed by atoms with Crippen LogP contribution < -0.4 is 5.32 Å². The molecule has 0 aliphatic carbocycles. The van der Waals surface area contributed by atoms with Gasteiger partial charge in [0.25, 0.3) is 15.9 Å². The van der Waals surface area contributed by atoms with E-state index in [9.17, 15) is 18.0 Å². The molecule has 20 heavy (non-hydrogen) atoms. The van der Waals surface area contributed by atoms with Crippen LogP contribution in [-0.2, 0) is 10.0 Å². The maximum Gasteiger partial charge on any atom is 0.335 e. The van der Waals surface area contributed by atoms with Crippen molar-refractivity contribution >= 4 is 27.6 Å². The standard InChI is InChI=1S/C12H8N2O5S/c15-11-9-2-1-5-14(9)20(18,19)10-4-3-7(12(16)17)6-8(10)13-11/h1-6H,(H,13,15)(H,16,17). The summed E-state index contributed by atoms with van der Waals surface area (Å²) in [6, 6.07) is 6.29. The van der Waals surface area contributed by atoms with E-state index in [1.807, 2.05) is 0 Å². The Labute approximate surface area is 113 Å². The number of hydrogen-bond acceptors (Lipinski definition) is 4. The van der Waals surface area contributed by atoms with Gasteiger partial charge < -0.3 is 10.4 Å². The van der Waals surface area contributed by atoms with Crippen molar-refractivity contribution in [2.45, 2.75) is 4.90 Å². The molecule has 2 aromatic rings. The first-order chi connectivity index (χ1) is 9.41. The Morgan fingerprint density at radius 2 is 2.00 bits per heavy atom. The molecule has 2 N–H and O–H groups in total. The molecule has 1 aliphatic heterocycles. The summed E-state index contributed by atoms with van der Waals surface area (Å²) < 4.78 is 25.7. The first-order valence-electron chi connectivity index (χ1n) is 5.53. The first kappa shape index (κ1) is 12.4. The molecule has 0 saturated carbocycles. The van der Waals surface area contributed by atoms with E-state index in [1.54, 1.807) is 0 Å². The molecule has 1 aromatic carbocycles. The van der Waals surface area contributed by atoms with Gasteiger partial charge in [-0.05, 0) is 30.3 Å². The molecule has 0 unspecified atom stereocenters. The molecule has 2 heterocycles. The SMILES string of the molecule is O=C(O)c1ccc2c(c1)NC(=O)c1cccn1S2(=O)=O. The molecule has 0 saturated heterocycles. The Kier molecular flexibility index (Phi) is 2.45. The minimum Gasteiger partial charge on any atom is -0.478 e. The topological polar surface area (TPSA) is 105 Å². The van der Waals surface area contributed by atoms with Crippen LogP contribution >= 0.6 is 0 Å². The maximum absolute atomic E-state index is 12.4. The van der Waals surface area contributed by atoms with E-state index >= 15 is 0 Å². The lowest BCUT2D eigenvalue weighted by molar-refractivity contribution is 0.0696. The van der Waals surface area contributed by atoms with Gasteiger partial charge in [0.05, 0.1) is 11.3 Å². The smallest absolute Gasteiger partial charge is 0.335 e. The minimum atomic E-state index is -3.93. The van der Waals surface area contributed by atoms with E-state index in [-0.39, 0.29) is 21.8 Å². The van der Waals surface area contributed by atoms with Crippen LogP contribution in [0.5, 0.6) is 0 Å². The molecular weight excluding hydrogens is 284 g/mol. The summed E-state index contributed by atoms with van der Waals surface area (Å²) in [5.41, 5.74) is -0.178. The number of carboxylic acids is 1. The van der Waals surface area contributed by atoms with E-state index in [0.29, 0.717) is 0 Å². The summed E-state index contributed by atoms with van der Waals surface area (Å²) in [5.74, 6) is -1.82. The Morgan fingerprint density at radius 3 is 2.70 bits per heavy atom. The van der Waals surface area contributed by atoms with Crippen molar-refractivity contribution in [1.82, 2.24) is 3.97 Å². The second kappa shape index (κ2) is 3.94. The van der Waals surface area contributed by atoms with Crippen LogP contribution in [0.15, 0.2) is 41.4 Å². The second-order valence-electron chi connectivity index (χ2n) is 4.16. The first-order valence-corrected chi connectivity index (χ1v) is 6.97. The van der Waals surface area contributed by atoms with Gasteiger partial charge in [-0.15, -0.1) is 0 Å². The Hall–Kier alpha value is -2.61. The fourth-order valence-electron chi connectivity index (χ4n) is 2.03. The zero-order chi connectivity index (χ0) is 14.5. The van der Waals surface area contributed by atoms with Gasteiger partial charge in [0.15, 0.2) is 0 Å². The van der Waals surface area contributed by atoms with Crippen LogP contribution in [0.4, 0.5) is 5.69 Å². The maximum atomic E-state index is 12.4. The number of anilines is 1. The zero-order valence-corrected chi connectivity index (χ0v) is 10.7. The molecule has 0 radical (unpaired) electrons. The summed E-state index contributed by atoms with van der Waals surface area (Å²) >= 11 is 0. The van der Waals surface area contributed by atoms with Crippen molar-refractivity contribution in [3.05, 3.63) is 47.8 Å². The molecule has 0 spiro atoms. The Balaban J connectivity index is 2.32. The molecular formula is C12H8N2O5S. The highest BCUT2D eigenvalue weighted by atomic mass is 32.2. The molecule has 0 bridgehead atoms. The third-order valence-corrected chi connectivity index (χ3v) is 4.71. The Morgan fingerprint density at radius 1 is 1.25 bits per heavy atom. The van der Waals surface area contributed by atoms with E-state index in [2.05, 4.69) is 5.32 Å². The lowest BCUT2D eigenvalue weighted by atomic mass is 10.2. The van der Waals surface area contributed by atoms with Crippen molar-refractivity contribution in [1.29, 1.82) is 0 Å². The van der Waals surface area contributed by atoms with Gasteiger partial charge >= 0.3 is 5.97 Å². The number of benzene rings is 1. The number of hydrogen-bond donors (Lipinski definition) is 2. The summed E-state index contributed by atoms with van der Waals surface area (Å²) in [5, 5.41) is 11.3. The van der Waals surface area contributed by atoms with Crippen LogP contribution in [0, 0.1) is 0 Å². The van der Waals surface area contributed by atoms with Gasteiger partial charge in [0.2, 0.25) is 0 Å². The summed E-state index contributed by atoms with van der Waals surface area (Å²) in [4.78, 5) is 22.7. The highest BCUT2D eigenvalue weighted by molar-refractivity contribution is 7.90. The number of nitrogens with one attached hydrogen (secondary N) is 1. The van der Waals surface area contributed by atoms with Gasteiger partial charge in [-0.3, -0.25) is 4.79 Å². The van der Waals surface area contributed by atoms with Crippen molar-refractivity contribution in [2.24, 2.45) is 0 Å². The number of carbonyl (C=O) groups excluding carboxylic acids is 1. The molecule has 3 rings (SSSR count). The second-order valence-corrected chi connectivity index (χ2v) is 5.95. The lowest BCUT2D eigenvalue weighted by Gasteiger charge is -2.08. The lowest BCUT2D eigenvalue weighted by Crippen LogP contribution is -2.16. The van der Waals surface area contributed by atoms with Crippen molar-refractivity contribution in [3.8, 4) is 0 Å². The molecule has 0 atom stereocenters. The van der Waals surface area contributed by atoms with E-state index in [4.69, 9.17) is 5.11 Å². The van der Waals surface area contributed by atoms with Gasteiger partial charge in [0, 0.05) is 6.20 Å². The zero-order valence-electron chi connectivity index (χ0n) is 9.90.